The molecular weight excluding hydrogens is 322 g/mol. The van der Waals surface area contributed by atoms with Gasteiger partial charge in [-0.2, -0.15) is 0 Å². The Hall–Kier alpha value is -1.93. The van der Waals surface area contributed by atoms with Crippen LogP contribution in [0.15, 0.2) is 65.3 Å². The van der Waals surface area contributed by atoms with Gasteiger partial charge in [-0.25, -0.2) is 4.98 Å². The molecule has 1 nitrogen and oxygen atoms in total. The molecule has 2 aromatic carbocycles. The van der Waals surface area contributed by atoms with Gasteiger partial charge in [0.1, 0.15) is 4.60 Å². The highest BCUT2D eigenvalue weighted by Gasteiger charge is 2.15. The van der Waals surface area contributed by atoms with Crippen LogP contribution in [0.2, 0.25) is 0 Å². The number of nitrogens with zero attached hydrogens (tertiary/aromatic N) is 1. The van der Waals surface area contributed by atoms with E-state index in [9.17, 15) is 0 Å². The van der Waals surface area contributed by atoms with Gasteiger partial charge in [0.05, 0.1) is 0 Å². The van der Waals surface area contributed by atoms with E-state index in [0.29, 0.717) is 0 Å². The van der Waals surface area contributed by atoms with E-state index in [1.807, 2.05) is 12.1 Å². The van der Waals surface area contributed by atoms with Gasteiger partial charge in [-0.1, -0.05) is 60.7 Å². The SMILES string of the molecule is Cc1nc(Br)c(-c2ccccc2)c(C)c1-c1ccccc1. The Morgan fingerprint density at radius 2 is 1.19 bits per heavy atom. The average molecular weight is 338 g/mol. The maximum absolute atomic E-state index is 4.70. The minimum Gasteiger partial charge on any atom is -0.245 e. The van der Waals surface area contributed by atoms with E-state index in [4.69, 9.17) is 4.98 Å². The summed E-state index contributed by atoms with van der Waals surface area (Å²) in [5.74, 6) is 0. The summed E-state index contributed by atoms with van der Waals surface area (Å²) >= 11 is 3.63. The van der Waals surface area contributed by atoms with Gasteiger partial charge in [0.2, 0.25) is 0 Å². The number of halogens is 1. The molecule has 0 fully saturated rings. The van der Waals surface area contributed by atoms with E-state index < -0.39 is 0 Å². The maximum atomic E-state index is 4.70. The fourth-order valence-corrected chi connectivity index (χ4v) is 3.57. The van der Waals surface area contributed by atoms with Gasteiger partial charge in [-0.05, 0) is 46.5 Å². The van der Waals surface area contributed by atoms with E-state index >= 15 is 0 Å². The minimum atomic E-state index is 0.906. The first-order valence-electron chi connectivity index (χ1n) is 6.96. The molecule has 2 heteroatoms. The molecule has 0 aliphatic carbocycles. The molecular formula is C19H16BrN. The molecule has 0 aliphatic rings. The summed E-state index contributed by atoms with van der Waals surface area (Å²) < 4.78 is 0.906. The lowest BCUT2D eigenvalue weighted by atomic mass is 9.93. The van der Waals surface area contributed by atoms with Crippen LogP contribution in [-0.2, 0) is 0 Å². The van der Waals surface area contributed by atoms with Crippen LogP contribution in [0.1, 0.15) is 11.3 Å². The van der Waals surface area contributed by atoms with Gasteiger partial charge in [-0.15, -0.1) is 0 Å². The van der Waals surface area contributed by atoms with Crippen molar-refractivity contribution in [2.45, 2.75) is 13.8 Å². The second-order valence-electron chi connectivity index (χ2n) is 5.10. The van der Waals surface area contributed by atoms with E-state index in [2.05, 4.69) is 78.3 Å². The van der Waals surface area contributed by atoms with Crippen molar-refractivity contribution in [1.29, 1.82) is 0 Å². The second-order valence-corrected chi connectivity index (χ2v) is 5.85. The molecule has 0 atom stereocenters. The van der Waals surface area contributed by atoms with Crippen LogP contribution in [0.3, 0.4) is 0 Å². The van der Waals surface area contributed by atoms with E-state index in [1.165, 1.54) is 27.8 Å². The number of pyridine rings is 1. The number of hydrogen-bond donors (Lipinski definition) is 0. The summed E-state index contributed by atoms with van der Waals surface area (Å²) in [7, 11) is 0. The molecule has 0 unspecified atom stereocenters. The Balaban J connectivity index is 2.29. The molecule has 3 rings (SSSR count). The van der Waals surface area contributed by atoms with Crippen molar-refractivity contribution in [1.82, 2.24) is 4.98 Å². The highest BCUT2D eigenvalue weighted by Crippen LogP contribution is 2.37. The lowest BCUT2D eigenvalue weighted by Crippen LogP contribution is -1.97. The Labute approximate surface area is 133 Å². The molecule has 0 N–H and O–H groups in total. The van der Waals surface area contributed by atoms with Crippen LogP contribution < -0.4 is 0 Å². The Morgan fingerprint density at radius 1 is 0.714 bits per heavy atom. The first-order chi connectivity index (χ1) is 10.2. The quantitative estimate of drug-likeness (QED) is 0.539. The third-order valence-electron chi connectivity index (χ3n) is 3.71. The molecule has 0 aliphatic heterocycles. The number of aromatic nitrogens is 1. The molecule has 0 spiro atoms. The van der Waals surface area contributed by atoms with E-state index in [1.54, 1.807) is 0 Å². The van der Waals surface area contributed by atoms with Gasteiger partial charge >= 0.3 is 0 Å². The Bertz CT molecular complexity index is 701. The van der Waals surface area contributed by atoms with E-state index in [-0.39, 0.29) is 0 Å². The molecule has 0 amide bonds. The average Bonchev–Trinajstić information content (AvgIpc) is 2.49. The van der Waals surface area contributed by atoms with Crippen LogP contribution in [0.5, 0.6) is 0 Å². The van der Waals surface area contributed by atoms with Gasteiger partial charge in [-0.3, -0.25) is 0 Å². The highest BCUT2D eigenvalue weighted by molar-refractivity contribution is 9.10. The predicted molar refractivity (Wildman–Crippen MR) is 92.3 cm³/mol. The molecule has 0 saturated heterocycles. The van der Waals surface area contributed by atoms with Crippen LogP contribution in [-0.4, -0.2) is 4.98 Å². The molecule has 3 aromatic rings. The summed E-state index contributed by atoms with van der Waals surface area (Å²) in [6.45, 7) is 4.24. The maximum Gasteiger partial charge on any atom is 0.114 e. The molecule has 0 bridgehead atoms. The van der Waals surface area contributed by atoms with Gasteiger partial charge in [0.15, 0.2) is 0 Å². The number of benzene rings is 2. The molecule has 1 heterocycles. The summed E-state index contributed by atoms with van der Waals surface area (Å²) in [6, 6.07) is 20.9. The highest BCUT2D eigenvalue weighted by atomic mass is 79.9. The van der Waals surface area contributed by atoms with Gasteiger partial charge < -0.3 is 0 Å². The number of hydrogen-bond acceptors (Lipinski definition) is 1. The van der Waals surface area contributed by atoms with Crippen LogP contribution in [0.4, 0.5) is 0 Å². The first-order valence-corrected chi connectivity index (χ1v) is 7.75. The third kappa shape index (κ3) is 2.64. The molecule has 0 radical (unpaired) electrons. The van der Waals surface area contributed by atoms with Crippen LogP contribution in [0.25, 0.3) is 22.3 Å². The Morgan fingerprint density at radius 3 is 1.71 bits per heavy atom. The molecule has 1 aromatic heterocycles. The van der Waals surface area contributed by atoms with Crippen molar-refractivity contribution in [3.63, 3.8) is 0 Å². The topological polar surface area (TPSA) is 12.9 Å². The molecule has 104 valence electrons. The van der Waals surface area contributed by atoms with Gasteiger partial charge in [0.25, 0.3) is 0 Å². The predicted octanol–water partition coefficient (Wildman–Crippen LogP) is 5.79. The molecule has 0 saturated carbocycles. The summed E-state index contributed by atoms with van der Waals surface area (Å²) in [5, 5.41) is 0. The fraction of sp³-hybridized carbons (Fsp3) is 0.105. The van der Waals surface area contributed by atoms with Crippen molar-refractivity contribution in [2.24, 2.45) is 0 Å². The summed E-state index contributed by atoms with van der Waals surface area (Å²) in [4.78, 5) is 4.70. The fourth-order valence-electron chi connectivity index (χ4n) is 2.78. The van der Waals surface area contributed by atoms with Gasteiger partial charge in [0, 0.05) is 16.8 Å². The zero-order valence-corrected chi connectivity index (χ0v) is 13.7. The van der Waals surface area contributed by atoms with Crippen molar-refractivity contribution < 1.29 is 0 Å². The third-order valence-corrected chi connectivity index (χ3v) is 4.28. The zero-order chi connectivity index (χ0) is 14.8. The normalized spacial score (nSPS) is 10.6. The smallest absolute Gasteiger partial charge is 0.114 e. The van der Waals surface area contributed by atoms with Crippen molar-refractivity contribution >= 4 is 15.9 Å². The van der Waals surface area contributed by atoms with E-state index in [0.717, 1.165) is 10.3 Å². The van der Waals surface area contributed by atoms with Crippen molar-refractivity contribution in [2.75, 3.05) is 0 Å². The largest absolute Gasteiger partial charge is 0.245 e. The minimum absolute atomic E-state index is 0.906. The standard InChI is InChI=1S/C19H16BrN/c1-13-17(15-9-5-3-6-10-15)14(2)21-19(20)18(13)16-11-7-4-8-12-16/h3-12H,1-2H3. The number of rotatable bonds is 2. The van der Waals surface area contributed by atoms with Crippen molar-refractivity contribution in [3.05, 3.63) is 76.5 Å². The monoisotopic (exact) mass is 337 g/mol. The first kappa shape index (κ1) is 14.0. The van der Waals surface area contributed by atoms with Crippen LogP contribution >= 0.6 is 15.9 Å². The van der Waals surface area contributed by atoms with Crippen molar-refractivity contribution in [3.8, 4) is 22.3 Å². The number of aryl methyl sites for hydroxylation is 1. The Kier molecular flexibility index (Phi) is 3.89. The van der Waals surface area contributed by atoms with Crippen LogP contribution in [0, 0.1) is 13.8 Å². The second kappa shape index (κ2) is 5.82. The summed E-state index contributed by atoms with van der Waals surface area (Å²) in [6.07, 6.45) is 0. The lowest BCUT2D eigenvalue weighted by Gasteiger charge is -2.16. The summed E-state index contributed by atoms with van der Waals surface area (Å²) in [5.41, 5.74) is 7.09. The lowest BCUT2D eigenvalue weighted by molar-refractivity contribution is 1.15. The molecule has 21 heavy (non-hydrogen) atoms. The zero-order valence-electron chi connectivity index (χ0n) is 12.1.